The average molecular weight is 401 g/mol. The van der Waals surface area contributed by atoms with E-state index in [0.717, 1.165) is 32.1 Å². The zero-order valence-electron chi connectivity index (χ0n) is 18.0. The highest BCUT2D eigenvalue weighted by molar-refractivity contribution is 5.87. The maximum Gasteiger partial charge on any atom is 0.333 e. The van der Waals surface area contributed by atoms with Crippen LogP contribution in [0, 0.1) is 0 Å². The molecule has 0 amide bonds. The van der Waals surface area contributed by atoms with Gasteiger partial charge in [-0.3, -0.25) is 0 Å². The third-order valence-electron chi connectivity index (χ3n) is 3.87. The minimum Gasteiger partial charge on any atom is -0.462 e. The summed E-state index contributed by atoms with van der Waals surface area (Å²) < 4.78 is 9.72. The smallest absolute Gasteiger partial charge is 0.333 e. The van der Waals surface area contributed by atoms with E-state index in [1.807, 2.05) is 6.92 Å². The Hall–Kier alpha value is -1.66. The number of esters is 2. The lowest BCUT2D eigenvalue weighted by atomic mass is 10.1. The van der Waals surface area contributed by atoms with E-state index in [0.29, 0.717) is 43.8 Å². The average Bonchev–Trinajstić information content (AvgIpc) is 2.66. The number of hydrogen-bond acceptors (Lipinski definition) is 6. The van der Waals surface area contributed by atoms with Gasteiger partial charge in [-0.25, -0.2) is 9.59 Å². The summed E-state index contributed by atoms with van der Waals surface area (Å²) in [6.07, 6.45) is 8.59. The number of carbonyl (C=O) groups excluding carboxylic acids is 2. The molecular weight excluding hydrogens is 360 g/mol. The van der Waals surface area contributed by atoms with E-state index >= 15 is 0 Å². The van der Waals surface area contributed by atoms with E-state index in [4.69, 9.17) is 14.6 Å². The van der Waals surface area contributed by atoms with Crippen LogP contribution in [0.5, 0.6) is 0 Å². The second-order valence-corrected chi connectivity index (χ2v) is 6.88. The van der Waals surface area contributed by atoms with Gasteiger partial charge in [-0.15, -0.1) is 0 Å². The van der Waals surface area contributed by atoms with Crippen molar-refractivity contribution in [3.63, 3.8) is 0 Å². The number of hydrogen-bond donors (Lipinski definition) is 2. The maximum atomic E-state index is 11.0. The summed E-state index contributed by atoms with van der Waals surface area (Å²) in [5.41, 5.74) is 0.766. The lowest BCUT2D eigenvalue weighted by molar-refractivity contribution is -0.141. The fourth-order valence-electron chi connectivity index (χ4n) is 2.01. The molecule has 0 bridgehead atoms. The van der Waals surface area contributed by atoms with E-state index in [2.05, 4.69) is 13.2 Å². The van der Waals surface area contributed by atoms with Crippen LogP contribution in [0.3, 0.4) is 0 Å². The molecule has 0 aromatic rings. The maximum absolute atomic E-state index is 11.0. The normalized spacial score (nSPS) is 11.0. The third kappa shape index (κ3) is 20.6. The minimum absolute atomic E-state index is 0.0946. The third-order valence-corrected chi connectivity index (χ3v) is 3.87. The molecule has 164 valence electrons. The van der Waals surface area contributed by atoms with Crippen molar-refractivity contribution in [3.8, 4) is 0 Å². The number of aliphatic hydroxyl groups excluding tert-OH is 2. The van der Waals surface area contributed by atoms with Crippen LogP contribution in [0.4, 0.5) is 0 Å². The topological polar surface area (TPSA) is 93.1 Å². The Kier molecular flexibility index (Phi) is 20.5. The molecule has 0 saturated heterocycles. The molecule has 6 heteroatoms. The summed E-state index contributed by atoms with van der Waals surface area (Å²) in [4.78, 5) is 21.9. The van der Waals surface area contributed by atoms with Crippen molar-refractivity contribution in [2.75, 3.05) is 19.8 Å². The Balaban J connectivity index is 0. The molecule has 0 aliphatic rings. The number of aliphatic hydroxyl groups is 2. The van der Waals surface area contributed by atoms with Crippen molar-refractivity contribution in [2.45, 2.75) is 84.7 Å². The van der Waals surface area contributed by atoms with Gasteiger partial charge in [-0.05, 0) is 46.0 Å². The van der Waals surface area contributed by atoms with Crippen molar-refractivity contribution in [1.82, 2.24) is 0 Å². The second kappa shape index (κ2) is 20.1. The van der Waals surface area contributed by atoms with Gasteiger partial charge in [0, 0.05) is 17.8 Å². The number of unbranched alkanes of at least 4 members (excludes halogenated alkanes) is 5. The molecule has 1 atom stereocenters. The number of ether oxygens (including phenoxy) is 2. The van der Waals surface area contributed by atoms with E-state index < -0.39 is 0 Å². The molecule has 6 nitrogen and oxygen atoms in total. The van der Waals surface area contributed by atoms with Crippen LogP contribution >= 0.6 is 0 Å². The highest BCUT2D eigenvalue weighted by atomic mass is 16.5. The molecule has 28 heavy (non-hydrogen) atoms. The fourth-order valence-corrected chi connectivity index (χ4v) is 2.01. The molecular formula is C22H40O6. The zero-order chi connectivity index (χ0) is 21.8. The monoisotopic (exact) mass is 400 g/mol. The van der Waals surface area contributed by atoms with E-state index in [-0.39, 0.29) is 18.0 Å². The first-order valence-electron chi connectivity index (χ1n) is 10.2. The van der Waals surface area contributed by atoms with Crippen LogP contribution in [0.15, 0.2) is 24.3 Å². The van der Waals surface area contributed by atoms with Crippen LogP contribution < -0.4 is 0 Å². The summed E-state index contributed by atoms with van der Waals surface area (Å²) in [5.74, 6) is -0.780. The molecule has 0 aromatic carbocycles. The predicted octanol–water partition coefficient (Wildman–Crippen LogP) is 4.10. The van der Waals surface area contributed by atoms with E-state index in [1.165, 1.54) is 12.8 Å². The van der Waals surface area contributed by atoms with Crippen LogP contribution in [0.2, 0.25) is 0 Å². The van der Waals surface area contributed by atoms with Crippen molar-refractivity contribution in [3.05, 3.63) is 24.3 Å². The van der Waals surface area contributed by atoms with Gasteiger partial charge in [-0.2, -0.15) is 0 Å². The summed E-state index contributed by atoms with van der Waals surface area (Å²) in [7, 11) is 0. The van der Waals surface area contributed by atoms with Gasteiger partial charge < -0.3 is 19.7 Å². The number of rotatable bonds is 15. The van der Waals surface area contributed by atoms with Crippen LogP contribution in [0.1, 0.15) is 78.6 Å². The van der Waals surface area contributed by atoms with Gasteiger partial charge in [0.2, 0.25) is 0 Å². The first-order valence-corrected chi connectivity index (χ1v) is 10.2. The number of carbonyl (C=O) groups is 2. The summed E-state index contributed by atoms with van der Waals surface area (Å²) in [6, 6.07) is 0. The lowest BCUT2D eigenvalue weighted by Gasteiger charge is -2.06. The van der Waals surface area contributed by atoms with Gasteiger partial charge in [0.05, 0.1) is 19.3 Å². The highest BCUT2D eigenvalue weighted by Gasteiger charge is 2.04. The molecule has 0 saturated carbocycles. The van der Waals surface area contributed by atoms with Gasteiger partial charge >= 0.3 is 11.9 Å². The quantitative estimate of drug-likeness (QED) is 0.244. The first kappa shape index (κ1) is 28.5. The second-order valence-electron chi connectivity index (χ2n) is 6.88. The Labute approximate surface area is 170 Å². The largest absolute Gasteiger partial charge is 0.462 e. The van der Waals surface area contributed by atoms with Crippen LogP contribution in [0.25, 0.3) is 0 Å². The molecule has 0 aliphatic carbocycles. The first-order chi connectivity index (χ1) is 13.3. The zero-order valence-corrected chi connectivity index (χ0v) is 18.0. The molecule has 0 aromatic heterocycles. The Morgan fingerprint density at radius 3 is 1.64 bits per heavy atom. The van der Waals surface area contributed by atoms with E-state index in [9.17, 15) is 14.7 Å². The molecule has 0 aliphatic heterocycles. The summed E-state index contributed by atoms with van der Waals surface area (Å²) in [5, 5.41) is 17.7. The van der Waals surface area contributed by atoms with E-state index in [1.54, 1.807) is 13.8 Å². The van der Waals surface area contributed by atoms with Gasteiger partial charge in [0.1, 0.15) is 0 Å². The van der Waals surface area contributed by atoms with Gasteiger partial charge in [0.15, 0.2) is 0 Å². The van der Waals surface area contributed by atoms with Crippen LogP contribution in [-0.2, 0) is 19.1 Å². The van der Waals surface area contributed by atoms with Crippen molar-refractivity contribution < 1.29 is 29.3 Å². The summed E-state index contributed by atoms with van der Waals surface area (Å²) >= 11 is 0. The van der Waals surface area contributed by atoms with Gasteiger partial charge in [-0.1, -0.05) is 45.8 Å². The molecule has 2 N–H and O–H groups in total. The van der Waals surface area contributed by atoms with Crippen molar-refractivity contribution in [1.29, 1.82) is 0 Å². The standard InChI is InChI=1S/C12H18O4.C10H22O2/c1-9(2)11(13)15-7-5-6-8-16-12(14)10(3)4;1-2-10(12)8-6-4-3-5-7-9-11/h1,3,5-8H2,2,4H3;10-12H,2-9H2,1H3. The Morgan fingerprint density at radius 2 is 1.25 bits per heavy atom. The molecule has 0 spiro atoms. The van der Waals surface area contributed by atoms with Crippen molar-refractivity contribution >= 4 is 11.9 Å². The summed E-state index contributed by atoms with van der Waals surface area (Å²) in [6.45, 7) is 13.1. The van der Waals surface area contributed by atoms with Crippen molar-refractivity contribution in [2.24, 2.45) is 0 Å². The molecule has 0 heterocycles. The van der Waals surface area contributed by atoms with Crippen LogP contribution in [-0.4, -0.2) is 48.1 Å². The Bertz CT molecular complexity index is 414. The molecule has 0 rings (SSSR count). The predicted molar refractivity (Wildman–Crippen MR) is 112 cm³/mol. The Morgan fingerprint density at radius 1 is 0.821 bits per heavy atom. The molecule has 1 unspecified atom stereocenters. The molecule has 0 radical (unpaired) electrons. The lowest BCUT2D eigenvalue weighted by Crippen LogP contribution is -2.09. The fraction of sp³-hybridized carbons (Fsp3) is 0.727. The van der Waals surface area contributed by atoms with Gasteiger partial charge in [0.25, 0.3) is 0 Å². The SMILES string of the molecule is C=C(C)C(=O)OCCCCOC(=O)C(=C)C.CCC(O)CCCCCCCO. The molecule has 0 fully saturated rings. The highest BCUT2D eigenvalue weighted by Crippen LogP contribution is 2.08. The minimum atomic E-state index is -0.390.